The first-order valence-corrected chi connectivity index (χ1v) is 16.7. The van der Waals surface area contributed by atoms with Crippen molar-refractivity contribution in [2.24, 2.45) is 11.8 Å². The summed E-state index contributed by atoms with van der Waals surface area (Å²) in [7, 11) is 1.68. The molecule has 1 aromatic carbocycles. The molecule has 3 amide bonds. The van der Waals surface area contributed by atoms with E-state index in [0.717, 1.165) is 25.1 Å². The second-order valence-corrected chi connectivity index (χ2v) is 14.5. The Bertz CT molecular complexity index is 1290. The van der Waals surface area contributed by atoms with Gasteiger partial charge in [0, 0.05) is 0 Å². The zero-order valence-corrected chi connectivity index (χ0v) is 26.4. The van der Waals surface area contributed by atoms with E-state index in [4.69, 9.17) is 9.47 Å². The van der Waals surface area contributed by atoms with Crippen LogP contribution in [0.2, 0.25) is 0 Å². The Hall–Kier alpha value is -2.49. The van der Waals surface area contributed by atoms with Gasteiger partial charge in [-0.3, -0.25) is 0 Å². The van der Waals surface area contributed by atoms with E-state index in [1.807, 2.05) is 18.2 Å². The van der Waals surface area contributed by atoms with Crippen molar-refractivity contribution >= 4 is 17.6 Å². The van der Waals surface area contributed by atoms with Crippen LogP contribution in [0.4, 0.5) is 23.7 Å². The van der Waals surface area contributed by atoms with E-state index in [-0.39, 0.29) is 42.5 Å². The number of fused-ring (bicyclic) bond motifs is 1. The van der Waals surface area contributed by atoms with Crippen LogP contribution in [-0.2, 0) is 33.4 Å². The van der Waals surface area contributed by atoms with E-state index in [0.29, 0.717) is 56.1 Å². The van der Waals surface area contributed by atoms with Gasteiger partial charge in [0.05, 0.1) is 0 Å². The minimum atomic E-state index is -4.51. The monoisotopic (exact) mass is 716 g/mol. The fourth-order valence-corrected chi connectivity index (χ4v) is 9.40. The van der Waals surface area contributed by atoms with Gasteiger partial charge in [-0.2, -0.15) is 0 Å². The Kier molecular flexibility index (Phi) is 10.1. The molecule has 2 aliphatic heterocycles. The normalized spacial score (nSPS) is 27.5. The predicted octanol–water partition coefficient (Wildman–Crippen LogP) is 0.989. The summed E-state index contributed by atoms with van der Waals surface area (Å²) in [6.45, 7) is 4.39. The summed E-state index contributed by atoms with van der Waals surface area (Å²) in [5.74, 6) is 0.0679. The molecule has 5 atom stereocenters. The fraction of sp³-hybridized carbons (Fsp3) is 0.567. The average molecular weight is 717 g/mol. The van der Waals surface area contributed by atoms with E-state index >= 15 is 0 Å². The van der Waals surface area contributed by atoms with Crippen LogP contribution < -0.4 is 35.6 Å². The number of urea groups is 1. The van der Waals surface area contributed by atoms with Crippen LogP contribution in [0, 0.1) is 11.8 Å². The van der Waals surface area contributed by atoms with Gasteiger partial charge in [-0.05, 0) is 0 Å². The molecule has 43 heavy (non-hydrogen) atoms. The zero-order chi connectivity index (χ0) is 30.6. The quantitative estimate of drug-likeness (QED) is 0.214. The summed E-state index contributed by atoms with van der Waals surface area (Å²) in [5, 5.41) is 6.48. The topological polar surface area (TPSA) is 105 Å². The number of benzene rings is 1. The number of halogens is 4. The third kappa shape index (κ3) is 7.43. The number of hydrogen-bond donors (Lipinski definition) is 3. The van der Waals surface area contributed by atoms with Crippen LogP contribution in [0.15, 0.2) is 42.6 Å². The number of carbonyl (C=O) groups is 2. The first-order chi connectivity index (χ1) is 20.6. The number of alkyl halides is 4. The predicted molar refractivity (Wildman–Crippen MR) is 150 cm³/mol. The Morgan fingerprint density at radius 2 is 2.05 bits per heavy atom. The van der Waals surface area contributed by atoms with Crippen molar-refractivity contribution in [1.82, 2.24) is 18.7 Å². The van der Waals surface area contributed by atoms with Gasteiger partial charge in [-0.1, -0.05) is 0 Å². The number of para-hydroxylation sites is 1. The maximum absolute atomic E-state index is 14.4. The van der Waals surface area contributed by atoms with Gasteiger partial charge in [0.15, 0.2) is 0 Å². The first kappa shape index (κ1) is 31.9. The molecule has 0 radical (unpaired) electrons. The van der Waals surface area contributed by atoms with Crippen molar-refractivity contribution in [3.63, 3.8) is 0 Å². The molecule has 0 bridgehead atoms. The van der Waals surface area contributed by atoms with Crippen molar-refractivity contribution in [3.05, 3.63) is 59.4 Å². The van der Waals surface area contributed by atoms with Crippen LogP contribution in [0.5, 0.6) is 0 Å². The van der Waals surface area contributed by atoms with Crippen molar-refractivity contribution in [1.29, 1.82) is 0 Å². The molecule has 2 fully saturated rings. The Labute approximate surface area is 260 Å². The van der Waals surface area contributed by atoms with Crippen LogP contribution in [0.1, 0.15) is 43.0 Å². The number of pyridine rings is 1. The fourth-order valence-electron chi connectivity index (χ4n) is 6.33. The van der Waals surface area contributed by atoms with E-state index in [9.17, 15) is 22.8 Å². The summed E-state index contributed by atoms with van der Waals surface area (Å²) in [6.07, 6.45) is -1.09. The number of anilines is 1. The van der Waals surface area contributed by atoms with Crippen LogP contribution in [-0.4, -0.2) is 70.8 Å². The number of nitrogens with zero attached hydrogens (tertiary/aromatic N) is 2. The molecule has 236 valence electrons. The van der Waals surface area contributed by atoms with E-state index in [1.165, 1.54) is 0 Å². The number of aromatic nitrogens is 1. The Morgan fingerprint density at radius 3 is 2.79 bits per heavy atom. The summed E-state index contributed by atoms with van der Waals surface area (Å²) < 4.78 is 53.6. The summed E-state index contributed by atoms with van der Waals surface area (Å²) in [6, 6.07) is 9.98. The summed E-state index contributed by atoms with van der Waals surface area (Å²) in [5.41, 5.74) is 0.846. The van der Waals surface area contributed by atoms with Crippen LogP contribution in [0.25, 0.3) is 0 Å². The summed E-state index contributed by atoms with van der Waals surface area (Å²) >= 11 is -1.19. The zero-order valence-electron chi connectivity index (χ0n) is 24.3. The standard InChI is InChI=1S/C30H38F3IN5O4/c1-19-12-20(15-35-25-9-11-43-18-26(25)42-2)14-29(19,34-38-28(41)37-23-6-4-3-5-7-23)27(40)39-10-8-24-21(17-39)13-22(16-36-24)30(31,32)33/h3-7,13,16,19-20,25-26,35H,8-12,14-15,17-18H2,1-2H3,(H2,37,38,41)/q-1/t19-,20?,25?,26?,29+/m1/s1. The molecule has 2 aromatic rings. The number of carbonyl (C=O) groups excluding carboxylic acids is 2. The van der Waals surface area contributed by atoms with E-state index in [2.05, 4.69) is 26.1 Å². The third-order valence-corrected chi connectivity index (χ3v) is 12.4. The number of methoxy groups -OCH3 is 1. The molecular formula is C30H38F3IN5O4-. The number of rotatable bonds is 8. The van der Waals surface area contributed by atoms with Crippen molar-refractivity contribution in [2.45, 2.75) is 60.9 Å². The van der Waals surface area contributed by atoms with Gasteiger partial charge in [-0.15, -0.1) is 0 Å². The molecule has 3 heterocycles. The SMILES string of the molecule is COC1COCCC1NCC1C[C@@H](C)[C@]([I-]NC(=O)Nc2ccccc2)(C(=O)N2CCc3ncc(C(F)(F)F)cc3C2)C1. The molecule has 3 unspecified atom stereocenters. The third-order valence-electron chi connectivity index (χ3n) is 8.67. The molecule has 0 spiro atoms. The molecular weight excluding hydrogens is 678 g/mol. The molecule has 5 rings (SSSR count). The molecule has 13 heteroatoms. The summed E-state index contributed by atoms with van der Waals surface area (Å²) in [4.78, 5) is 33.1. The number of ether oxygens (including phenoxy) is 2. The van der Waals surface area contributed by atoms with Crippen molar-refractivity contribution in [3.8, 4) is 0 Å². The number of amides is 3. The van der Waals surface area contributed by atoms with Gasteiger partial charge in [0.25, 0.3) is 0 Å². The van der Waals surface area contributed by atoms with E-state index < -0.39 is 36.6 Å². The number of hydrogen-bond acceptors (Lipinski definition) is 6. The van der Waals surface area contributed by atoms with Gasteiger partial charge < -0.3 is 0 Å². The molecule has 1 saturated heterocycles. The van der Waals surface area contributed by atoms with Crippen LogP contribution >= 0.6 is 0 Å². The molecule has 9 nitrogen and oxygen atoms in total. The minimum absolute atomic E-state index is 0.0226. The first-order valence-electron chi connectivity index (χ1n) is 14.5. The van der Waals surface area contributed by atoms with Crippen LogP contribution in [0.3, 0.4) is 0 Å². The maximum atomic E-state index is 14.4. The van der Waals surface area contributed by atoms with Gasteiger partial charge in [-0.25, -0.2) is 0 Å². The molecule has 3 aliphatic rings. The van der Waals surface area contributed by atoms with Gasteiger partial charge in [0.2, 0.25) is 0 Å². The molecule has 3 N–H and O–H groups in total. The van der Waals surface area contributed by atoms with E-state index in [1.54, 1.807) is 24.1 Å². The Morgan fingerprint density at radius 1 is 1.26 bits per heavy atom. The average Bonchev–Trinajstić information content (AvgIpc) is 3.34. The van der Waals surface area contributed by atoms with Gasteiger partial charge in [0.1, 0.15) is 0 Å². The second-order valence-electron chi connectivity index (χ2n) is 11.5. The molecule has 1 aliphatic carbocycles. The molecule has 1 aromatic heterocycles. The second kappa shape index (κ2) is 13.7. The number of nitrogens with one attached hydrogen (secondary N) is 3. The van der Waals surface area contributed by atoms with Crippen molar-refractivity contribution in [2.75, 3.05) is 38.7 Å². The van der Waals surface area contributed by atoms with Gasteiger partial charge >= 0.3 is 261 Å². The Balaban J connectivity index is 1.33. The molecule has 1 saturated carbocycles. The van der Waals surface area contributed by atoms with Crippen molar-refractivity contribution < 1.29 is 53.7 Å².